The van der Waals surface area contributed by atoms with Crippen molar-refractivity contribution in [3.05, 3.63) is 28.0 Å². The Balaban J connectivity index is 3.33. The molecule has 1 rings (SSSR count). The second-order valence-electron chi connectivity index (χ2n) is 2.22. The predicted molar refractivity (Wildman–Crippen MR) is 54.4 cm³/mol. The van der Waals surface area contributed by atoms with Gasteiger partial charge in [0.25, 0.3) is 0 Å². The summed E-state index contributed by atoms with van der Waals surface area (Å²) in [5.74, 6) is -0.513. The summed E-state index contributed by atoms with van der Waals surface area (Å²) in [5, 5.41) is 0. The third-order valence-corrected chi connectivity index (χ3v) is 2.23. The SMILES string of the molecule is NC(=S)c1cc(F)c(N)cc1Br. The van der Waals surface area contributed by atoms with Gasteiger partial charge in [-0.05, 0) is 28.1 Å². The van der Waals surface area contributed by atoms with E-state index in [4.69, 9.17) is 23.7 Å². The van der Waals surface area contributed by atoms with Crippen LogP contribution in [0.5, 0.6) is 0 Å². The van der Waals surface area contributed by atoms with Crippen molar-refractivity contribution in [3.63, 3.8) is 0 Å². The number of hydrogen-bond acceptors (Lipinski definition) is 2. The van der Waals surface area contributed by atoms with Crippen LogP contribution in [0.2, 0.25) is 0 Å². The van der Waals surface area contributed by atoms with Crippen LogP contribution in [0.15, 0.2) is 16.6 Å². The van der Waals surface area contributed by atoms with Crippen LogP contribution in [0.3, 0.4) is 0 Å². The highest BCUT2D eigenvalue weighted by Crippen LogP contribution is 2.22. The molecule has 1 aromatic rings. The minimum atomic E-state index is -0.513. The van der Waals surface area contributed by atoms with Crippen molar-refractivity contribution < 1.29 is 4.39 Å². The summed E-state index contributed by atoms with van der Waals surface area (Å²) in [7, 11) is 0. The van der Waals surface area contributed by atoms with Gasteiger partial charge in [-0.25, -0.2) is 4.39 Å². The van der Waals surface area contributed by atoms with E-state index in [0.29, 0.717) is 10.0 Å². The molecule has 0 unspecified atom stereocenters. The number of anilines is 1. The molecule has 12 heavy (non-hydrogen) atoms. The fourth-order valence-corrected chi connectivity index (χ4v) is 1.63. The molecule has 0 bridgehead atoms. The minimum Gasteiger partial charge on any atom is -0.396 e. The van der Waals surface area contributed by atoms with Crippen LogP contribution >= 0.6 is 28.1 Å². The molecule has 0 heterocycles. The number of halogens is 2. The summed E-state index contributed by atoms with van der Waals surface area (Å²) < 4.78 is 13.5. The Morgan fingerprint density at radius 3 is 2.58 bits per heavy atom. The lowest BCUT2D eigenvalue weighted by atomic mass is 10.2. The van der Waals surface area contributed by atoms with Crippen molar-refractivity contribution in [1.82, 2.24) is 0 Å². The van der Waals surface area contributed by atoms with Gasteiger partial charge in [-0.15, -0.1) is 0 Å². The first-order chi connectivity index (χ1) is 5.52. The third-order valence-electron chi connectivity index (χ3n) is 1.35. The van der Waals surface area contributed by atoms with Gasteiger partial charge in [-0.1, -0.05) is 12.2 Å². The van der Waals surface area contributed by atoms with E-state index in [0.717, 1.165) is 0 Å². The smallest absolute Gasteiger partial charge is 0.146 e. The average Bonchev–Trinajstić information content (AvgIpc) is 1.96. The Hall–Kier alpha value is -0.680. The van der Waals surface area contributed by atoms with Crippen molar-refractivity contribution in [2.24, 2.45) is 5.73 Å². The lowest BCUT2D eigenvalue weighted by Gasteiger charge is -2.03. The van der Waals surface area contributed by atoms with Gasteiger partial charge in [-0.2, -0.15) is 0 Å². The van der Waals surface area contributed by atoms with Crippen molar-refractivity contribution in [1.29, 1.82) is 0 Å². The van der Waals surface area contributed by atoms with E-state index in [2.05, 4.69) is 15.9 Å². The molecule has 0 spiro atoms. The summed E-state index contributed by atoms with van der Waals surface area (Å²) in [6.07, 6.45) is 0. The van der Waals surface area contributed by atoms with E-state index in [1.165, 1.54) is 12.1 Å². The highest BCUT2D eigenvalue weighted by molar-refractivity contribution is 9.10. The molecule has 0 aliphatic carbocycles. The molecular weight excluding hydrogens is 243 g/mol. The van der Waals surface area contributed by atoms with Gasteiger partial charge in [0.2, 0.25) is 0 Å². The van der Waals surface area contributed by atoms with Crippen molar-refractivity contribution in [3.8, 4) is 0 Å². The van der Waals surface area contributed by atoms with Crippen molar-refractivity contribution in [2.45, 2.75) is 0 Å². The lowest BCUT2D eigenvalue weighted by Crippen LogP contribution is -2.11. The van der Waals surface area contributed by atoms with E-state index < -0.39 is 5.82 Å². The third kappa shape index (κ3) is 1.73. The maximum absolute atomic E-state index is 12.9. The fourth-order valence-electron chi connectivity index (χ4n) is 0.751. The highest BCUT2D eigenvalue weighted by atomic mass is 79.9. The number of nitrogen functional groups attached to an aromatic ring is 1. The number of rotatable bonds is 1. The molecular formula is C7H6BrFN2S. The van der Waals surface area contributed by atoms with Gasteiger partial charge in [0, 0.05) is 10.0 Å². The maximum atomic E-state index is 12.9. The molecule has 0 aromatic heterocycles. The van der Waals surface area contributed by atoms with Gasteiger partial charge in [0.15, 0.2) is 0 Å². The fraction of sp³-hybridized carbons (Fsp3) is 0. The van der Waals surface area contributed by atoms with Gasteiger partial charge in [0.1, 0.15) is 10.8 Å². The zero-order valence-electron chi connectivity index (χ0n) is 5.97. The zero-order chi connectivity index (χ0) is 9.30. The highest BCUT2D eigenvalue weighted by Gasteiger charge is 2.07. The predicted octanol–water partition coefficient (Wildman–Crippen LogP) is 1.80. The number of thiocarbonyl (C=S) groups is 1. The molecule has 64 valence electrons. The van der Waals surface area contributed by atoms with E-state index in [9.17, 15) is 4.39 Å². The topological polar surface area (TPSA) is 52.0 Å². The molecule has 0 saturated heterocycles. The second-order valence-corrected chi connectivity index (χ2v) is 3.51. The molecule has 5 heteroatoms. The first-order valence-corrected chi connectivity index (χ1v) is 4.27. The molecule has 2 nitrogen and oxygen atoms in total. The van der Waals surface area contributed by atoms with Crippen LogP contribution in [0.1, 0.15) is 5.56 Å². The normalized spacial score (nSPS) is 9.83. The quantitative estimate of drug-likeness (QED) is 0.589. The van der Waals surface area contributed by atoms with Crippen LogP contribution in [0.25, 0.3) is 0 Å². The number of nitrogens with two attached hydrogens (primary N) is 2. The Labute approximate surface area is 82.9 Å². The van der Waals surface area contributed by atoms with Crippen molar-refractivity contribution >= 4 is 38.8 Å². The van der Waals surface area contributed by atoms with E-state index >= 15 is 0 Å². The zero-order valence-corrected chi connectivity index (χ0v) is 8.38. The van der Waals surface area contributed by atoms with E-state index in [1.54, 1.807) is 0 Å². The van der Waals surface area contributed by atoms with E-state index in [-0.39, 0.29) is 10.7 Å². The molecule has 0 amide bonds. The van der Waals surface area contributed by atoms with Gasteiger partial charge < -0.3 is 11.5 Å². The van der Waals surface area contributed by atoms with Crippen LogP contribution < -0.4 is 11.5 Å². The van der Waals surface area contributed by atoms with Crippen LogP contribution in [-0.4, -0.2) is 4.99 Å². The van der Waals surface area contributed by atoms with Crippen molar-refractivity contribution in [2.75, 3.05) is 5.73 Å². The Bertz CT molecular complexity index is 340. The second kappa shape index (κ2) is 3.37. The summed E-state index contributed by atoms with van der Waals surface area (Å²) in [5.41, 5.74) is 11.2. The number of hydrogen-bond donors (Lipinski definition) is 2. The summed E-state index contributed by atoms with van der Waals surface area (Å²) in [4.78, 5) is 0.140. The first kappa shape index (κ1) is 9.41. The molecule has 0 aliphatic rings. The molecule has 4 N–H and O–H groups in total. The summed E-state index contributed by atoms with van der Waals surface area (Å²) in [6.45, 7) is 0. The molecule has 0 saturated carbocycles. The van der Waals surface area contributed by atoms with Gasteiger partial charge in [-0.3, -0.25) is 0 Å². The van der Waals surface area contributed by atoms with Gasteiger partial charge >= 0.3 is 0 Å². The van der Waals surface area contributed by atoms with E-state index in [1.807, 2.05) is 0 Å². The minimum absolute atomic E-state index is 0.0712. The van der Waals surface area contributed by atoms with Crippen LogP contribution in [-0.2, 0) is 0 Å². The average molecular weight is 249 g/mol. The molecule has 0 aliphatic heterocycles. The summed E-state index contributed by atoms with van der Waals surface area (Å²) >= 11 is 7.86. The molecule has 0 atom stereocenters. The molecule has 0 radical (unpaired) electrons. The lowest BCUT2D eigenvalue weighted by molar-refractivity contribution is 0.632. The Kier molecular flexibility index (Phi) is 2.64. The summed E-state index contributed by atoms with van der Waals surface area (Å²) in [6, 6.07) is 2.64. The Morgan fingerprint density at radius 1 is 1.50 bits per heavy atom. The van der Waals surface area contributed by atoms with Gasteiger partial charge in [0.05, 0.1) is 5.69 Å². The Morgan fingerprint density at radius 2 is 2.08 bits per heavy atom. The largest absolute Gasteiger partial charge is 0.396 e. The monoisotopic (exact) mass is 248 g/mol. The first-order valence-electron chi connectivity index (χ1n) is 3.06. The molecule has 1 aromatic carbocycles. The molecule has 0 fully saturated rings. The standard InChI is InChI=1S/C7H6BrFN2S/c8-4-2-6(10)5(9)1-3(4)7(11)12/h1-2H,10H2,(H2,11,12). The maximum Gasteiger partial charge on any atom is 0.146 e. The number of benzene rings is 1. The van der Waals surface area contributed by atoms with Crippen LogP contribution in [0, 0.1) is 5.82 Å². The van der Waals surface area contributed by atoms with Crippen LogP contribution in [0.4, 0.5) is 10.1 Å².